The molecule has 2 aromatic carbocycles. The number of benzene rings is 2. The van der Waals surface area contributed by atoms with Crippen LogP contribution >= 0.6 is 11.8 Å². The summed E-state index contributed by atoms with van der Waals surface area (Å²) in [5, 5.41) is 12.6. The van der Waals surface area contributed by atoms with Gasteiger partial charge in [0.2, 0.25) is 5.91 Å². The normalized spacial score (nSPS) is 14.0. The van der Waals surface area contributed by atoms with Crippen LogP contribution in [0.25, 0.3) is 0 Å². The molecule has 25 heavy (non-hydrogen) atoms. The van der Waals surface area contributed by atoms with Gasteiger partial charge in [0.15, 0.2) is 11.5 Å². The van der Waals surface area contributed by atoms with Crippen molar-refractivity contribution in [2.24, 2.45) is 0 Å². The predicted octanol–water partition coefficient (Wildman–Crippen LogP) is 2.54. The van der Waals surface area contributed by atoms with Gasteiger partial charge in [-0.3, -0.25) is 4.79 Å². The van der Waals surface area contributed by atoms with Crippen molar-refractivity contribution in [1.82, 2.24) is 5.32 Å². The minimum atomic E-state index is -0.945. The number of amides is 1. The molecule has 0 aromatic heterocycles. The number of carbonyl (C=O) groups is 1. The van der Waals surface area contributed by atoms with Gasteiger partial charge in [0.1, 0.15) is 19.0 Å². The first-order valence-electron chi connectivity index (χ1n) is 7.84. The van der Waals surface area contributed by atoms with Crippen LogP contribution in [0.15, 0.2) is 47.4 Å². The van der Waals surface area contributed by atoms with E-state index in [2.05, 4.69) is 5.32 Å². The molecule has 1 aliphatic rings. The first kappa shape index (κ1) is 17.6. The number of aliphatic hydroxyl groups is 1. The second-order valence-corrected chi connectivity index (χ2v) is 6.52. The fraction of sp³-hybridized carbons (Fsp3) is 0.278. The maximum absolute atomic E-state index is 13.1. The van der Waals surface area contributed by atoms with Gasteiger partial charge >= 0.3 is 0 Å². The molecule has 0 bridgehead atoms. The summed E-state index contributed by atoms with van der Waals surface area (Å²) in [6.45, 7) is 1.08. The average Bonchev–Trinajstić information content (AvgIpc) is 2.64. The molecule has 0 saturated heterocycles. The number of nitrogens with one attached hydrogen (secondary N) is 1. The van der Waals surface area contributed by atoms with E-state index in [1.54, 1.807) is 6.07 Å². The van der Waals surface area contributed by atoms with Crippen LogP contribution < -0.4 is 14.8 Å². The molecule has 1 atom stereocenters. The third-order valence-corrected chi connectivity index (χ3v) is 4.60. The van der Waals surface area contributed by atoms with Crippen molar-refractivity contribution >= 4 is 17.7 Å². The van der Waals surface area contributed by atoms with E-state index in [1.165, 1.54) is 30.0 Å². The van der Waals surface area contributed by atoms with Crippen molar-refractivity contribution in [1.29, 1.82) is 0 Å². The SMILES string of the molecule is O=C(CSc1ccc2c(c1)OCCO2)NCC(O)c1cccc(F)c1. The number of halogens is 1. The molecule has 7 heteroatoms. The number of hydrogen-bond donors (Lipinski definition) is 2. The smallest absolute Gasteiger partial charge is 0.230 e. The summed E-state index contributed by atoms with van der Waals surface area (Å²) < 4.78 is 24.1. The zero-order valence-electron chi connectivity index (χ0n) is 13.4. The van der Waals surface area contributed by atoms with E-state index in [9.17, 15) is 14.3 Å². The monoisotopic (exact) mass is 363 g/mol. The number of ether oxygens (including phenoxy) is 2. The molecule has 5 nitrogen and oxygen atoms in total. The number of carbonyl (C=O) groups excluding carboxylic acids is 1. The second kappa shape index (κ2) is 8.22. The Hall–Kier alpha value is -2.25. The predicted molar refractivity (Wildman–Crippen MR) is 92.5 cm³/mol. The lowest BCUT2D eigenvalue weighted by atomic mass is 10.1. The molecule has 0 saturated carbocycles. The topological polar surface area (TPSA) is 67.8 Å². The van der Waals surface area contributed by atoms with Gasteiger partial charge in [0, 0.05) is 11.4 Å². The Kier molecular flexibility index (Phi) is 5.78. The van der Waals surface area contributed by atoms with E-state index in [4.69, 9.17) is 9.47 Å². The van der Waals surface area contributed by atoms with Gasteiger partial charge < -0.3 is 19.9 Å². The molecule has 0 radical (unpaired) electrons. The van der Waals surface area contributed by atoms with E-state index in [-0.39, 0.29) is 18.2 Å². The highest BCUT2D eigenvalue weighted by Gasteiger charge is 2.13. The van der Waals surface area contributed by atoms with Crippen LogP contribution in [0.5, 0.6) is 11.5 Å². The third-order valence-electron chi connectivity index (χ3n) is 3.61. The third kappa shape index (κ3) is 4.87. The van der Waals surface area contributed by atoms with Gasteiger partial charge in [0.25, 0.3) is 0 Å². The van der Waals surface area contributed by atoms with Crippen molar-refractivity contribution in [3.05, 3.63) is 53.8 Å². The molecule has 132 valence electrons. The second-order valence-electron chi connectivity index (χ2n) is 5.47. The van der Waals surface area contributed by atoms with Gasteiger partial charge in [-0.15, -0.1) is 11.8 Å². The van der Waals surface area contributed by atoms with Crippen molar-refractivity contribution in [3.8, 4) is 11.5 Å². The molecule has 2 aromatic rings. The maximum atomic E-state index is 13.1. The number of fused-ring (bicyclic) bond motifs is 1. The zero-order valence-corrected chi connectivity index (χ0v) is 14.2. The van der Waals surface area contributed by atoms with Crippen LogP contribution in [0.3, 0.4) is 0 Å². The Morgan fingerprint density at radius 1 is 1.20 bits per heavy atom. The first-order chi connectivity index (χ1) is 12.1. The Morgan fingerprint density at radius 3 is 2.80 bits per heavy atom. The fourth-order valence-electron chi connectivity index (χ4n) is 2.36. The van der Waals surface area contributed by atoms with E-state index >= 15 is 0 Å². The summed E-state index contributed by atoms with van der Waals surface area (Å²) >= 11 is 1.36. The van der Waals surface area contributed by atoms with Crippen molar-refractivity contribution < 1.29 is 23.8 Å². The van der Waals surface area contributed by atoms with E-state index < -0.39 is 11.9 Å². The summed E-state index contributed by atoms with van der Waals surface area (Å²) in [6, 6.07) is 11.2. The lowest BCUT2D eigenvalue weighted by molar-refractivity contribution is -0.119. The molecule has 2 N–H and O–H groups in total. The Balaban J connectivity index is 1.46. The van der Waals surface area contributed by atoms with Crippen LogP contribution in [0.1, 0.15) is 11.7 Å². The van der Waals surface area contributed by atoms with Gasteiger partial charge in [-0.2, -0.15) is 0 Å². The highest BCUT2D eigenvalue weighted by Crippen LogP contribution is 2.34. The molecular formula is C18H18FNO4S. The van der Waals surface area contributed by atoms with Gasteiger partial charge in [-0.25, -0.2) is 4.39 Å². The summed E-state index contributed by atoms with van der Waals surface area (Å²) in [5.74, 6) is 0.957. The molecule has 1 heterocycles. The van der Waals surface area contributed by atoms with Gasteiger partial charge in [0.05, 0.1) is 11.9 Å². The summed E-state index contributed by atoms with van der Waals surface area (Å²) in [4.78, 5) is 12.8. The molecule has 1 aliphatic heterocycles. The zero-order chi connectivity index (χ0) is 17.6. The number of hydrogen-bond acceptors (Lipinski definition) is 5. The minimum absolute atomic E-state index is 0.0317. The number of aliphatic hydroxyl groups excluding tert-OH is 1. The van der Waals surface area contributed by atoms with E-state index in [0.717, 1.165) is 4.90 Å². The van der Waals surface area contributed by atoms with Crippen LogP contribution in [0.4, 0.5) is 4.39 Å². The maximum Gasteiger partial charge on any atom is 0.230 e. The first-order valence-corrected chi connectivity index (χ1v) is 8.83. The standard InChI is InChI=1S/C18H18FNO4S/c19-13-3-1-2-12(8-13)15(21)10-20-18(22)11-25-14-4-5-16-17(9-14)24-7-6-23-16/h1-5,8-9,15,21H,6-7,10-11H2,(H,20,22). The molecule has 0 aliphatic carbocycles. The van der Waals surface area contributed by atoms with Gasteiger partial charge in [-0.05, 0) is 35.9 Å². The van der Waals surface area contributed by atoms with Crippen molar-refractivity contribution in [3.63, 3.8) is 0 Å². The van der Waals surface area contributed by atoms with Crippen LogP contribution in [0, 0.1) is 5.82 Å². The van der Waals surface area contributed by atoms with Crippen LogP contribution in [-0.4, -0.2) is 36.5 Å². The lowest BCUT2D eigenvalue weighted by Gasteiger charge is -2.18. The molecule has 1 unspecified atom stereocenters. The molecular weight excluding hydrogens is 345 g/mol. The highest BCUT2D eigenvalue weighted by molar-refractivity contribution is 8.00. The van der Waals surface area contributed by atoms with Crippen molar-refractivity contribution in [2.45, 2.75) is 11.0 Å². The Bertz CT molecular complexity index is 756. The summed E-state index contributed by atoms with van der Waals surface area (Å²) in [6.07, 6.45) is -0.945. The Morgan fingerprint density at radius 2 is 2.00 bits per heavy atom. The van der Waals surface area contributed by atoms with E-state index in [0.29, 0.717) is 30.3 Å². The molecule has 1 amide bonds. The molecule has 3 rings (SSSR count). The fourth-order valence-corrected chi connectivity index (χ4v) is 3.11. The van der Waals surface area contributed by atoms with Gasteiger partial charge in [-0.1, -0.05) is 12.1 Å². The van der Waals surface area contributed by atoms with Crippen molar-refractivity contribution in [2.75, 3.05) is 25.5 Å². The number of rotatable bonds is 6. The van der Waals surface area contributed by atoms with Crippen LogP contribution in [-0.2, 0) is 4.79 Å². The molecule has 0 fully saturated rings. The average molecular weight is 363 g/mol. The highest BCUT2D eigenvalue weighted by atomic mass is 32.2. The van der Waals surface area contributed by atoms with Crippen LogP contribution in [0.2, 0.25) is 0 Å². The quantitative estimate of drug-likeness (QED) is 0.772. The van der Waals surface area contributed by atoms with E-state index in [1.807, 2.05) is 18.2 Å². The summed E-state index contributed by atoms with van der Waals surface area (Å²) in [7, 11) is 0. The molecule has 0 spiro atoms. The largest absolute Gasteiger partial charge is 0.486 e. The lowest BCUT2D eigenvalue weighted by Crippen LogP contribution is -2.29. The Labute approximate surface area is 149 Å². The summed E-state index contributed by atoms with van der Waals surface area (Å²) in [5.41, 5.74) is 0.430. The number of thioether (sulfide) groups is 1. The minimum Gasteiger partial charge on any atom is -0.486 e.